The van der Waals surface area contributed by atoms with Gasteiger partial charge in [-0.15, -0.1) is 0 Å². The molecular formula is C14H21N5O2. The van der Waals surface area contributed by atoms with Gasteiger partial charge >= 0.3 is 5.69 Å². The van der Waals surface area contributed by atoms with Crippen molar-refractivity contribution in [1.82, 2.24) is 19.1 Å². The van der Waals surface area contributed by atoms with Gasteiger partial charge in [0.2, 0.25) is 5.95 Å². The number of methoxy groups -OCH3 is 1. The van der Waals surface area contributed by atoms with E-state index in [1.807, 2.05) is 4.57 Å². The number of anilines is 1. The van der Waals surface area contributed by atoms with Gasteiger partial charge in [-0.2, -0.15) is 4.98 Å². The van der Waals surface area contributed by atoms with Crippen LogP contribution in [-0.2, 0) is 11.8 Å². The van der Waals surface area contributed by atoms with Gasteiger partial charge in [0.1, 0.15) is 5.52 Å². The van der Waals surface area contributed by atoms with Crippen molar-refractivity contribution >= 4 is 17.1 Å². The van der Waals surface area contributed by atoms with Gasteiger partial charge in [0.15, 0.2) is 5.65 Å². The molecule has 2 heterocycles. The number of rotatable bonds is 3. The molecule has 0 aliphatic heterocycles. The van der Waals surface area contributed by atoms with E-state index in [2.05, 4.69) is 15.3 Å². The number of aryl methyl sites for hydroxylation is 1. The Morgan fingerprint density at radius 1 is 1.33 bits per heavy atom. The summed E-state index contributed by atoms with van der Waals surface area (Å²) in [7, 11) is 5.29. The average Bonchev–Trinajstić information content (AvgIpc) is 2.78. The van der Waals surface area contributed by atoms with Crippen molar-refractivity contribution in [2.75, 3.05) is 19.5 Å². The van der Waals surface area contributed by atoms with Crippen molar-refractivity contribution in [1.29, 1.82) is 0 Å². The highest BCUT2D eigenvalue weighted by atomic mass is 16.5. The quantitative estimate of drug-likeness (QED) is 0.922. The first-order chi connectivity index (χ1) is 10.2. The summed E-state index contributed by atoms with van der Waals surface area (Å²) in [6.45, 7) is 0. The van der Waals surface area contributed by atoms with Gasteiger partial charge in [-0.1, -0.05) is 0 Å². The van der Waals surface area contributed by atoms with Gasteiger partial charge in [0.05, 0.1) is 12.3 Å². The molecule has 21 heavy (non-hydrogen) atoms. The zero-order valence-corrected chi connectivity index (χ0v) is 12.7. The largest absolute Gasteiger partial charge is 0.381 e. The molecule has 2 aromatic heterocycles. The minimum absolute atomic E-state index is 0.0200. The molecule has 0 radical (unpaired) electrons. The first-order valence-corrected chi connectivity index (χ1v) is 7.30. The van der Waals surface area contributed by atoms with Gasteiger partial charge in [0.25, 0.3) is 0 Å². The highest BCUT2D eigenvalue weighted by molar-refractivity contribution is 5.72. The molecule has 1 aliphatic rings. The summed E-state index contributed by atoms with van der Waals surface area (Å²) in [5, 5.41) is 2.93. The van der Waals surface area contributed by atoms with E-state index in [-0.39, 0.29) is 11.7 Å². The summed E-state index contributed by atoms with van der Waals surface area (Å²) in [5.41, 5.74) is 1.46. The van der Waals surface area contributed by atoms with Gasteiger partial charge in [0, 0.05) is 27.2 Å². The maximum Gasteiger partial charge on any atom is 0.330 e. The molecule has 0 amide bonds. The summed E-state index contributed by atoms with van der Waals surface area (Å²) in [6, 6.07) is 0.187. The van der Waals surface area contributed by atoms with E-state index in [9.17, 15) is 4.79 Å². The Morgan fingerprint density at radius 2 is 2.05 bits per heavy atom. The van der Waals surface area contributed by atoms with Crippen LogP contribution in [-0.4, -0.2) is 39.4 Å². The van der Waals surface area contributed by atoms with Crippen molar-refractivity contribution in [2.24, 2.45) is 7.05 Å². The number of hydrogen-bond acceptors (Lipinski definition) is 5. The molecule has 0 spiro atoms. The molecule has 0 saturated heterocycles. The molecule has 0 aromatic carbocycles. The zero-order chi connectivity index (χ0) is 15.0. The normalized spacial score (nSPS) is 22.6. The van der Waals surface area contributed by atoms with E-state index >= 15 is 0 Å². The number of nitrogens with one attached hydrogen (secondary N) is 1. The van der Waals surface area contributed by atoms with Crippen LogP contribution >= 0.6 is 0 Å². The molecule has 0 bridgehead atoms. The fraction of sp³-hybridized carbons (Fsp3) is 0.643. The van der Waals surface area contributed by atoms with Gasteiger partial charge < -0.3 is 10.1 Å². The molecule has 2 aromatic rings. The minimum atomic E-state index is -0.0200. The number of imidazole rings is 1. The summed E-state index contributed by atoms with van der Waals surface area (Å²) in [4.78, 5) is 21.2. The first kappa shape index (κ1) is 14.1. The summed E-state index contributed by atoms with van der Waals surface area (Å²) < 4.78 is 8.85. The molecule has 0 unspecified atom stereocenters. The molecule has 0 atom stereocenters. The van der Waals surface area contributed by atoms with E-state index in [0.29, 0.717) is 17.7 Å². The van der Waals surface area contributed by atoms with E-state index in [1.54, 1.807) is 32.0 Å². The molecule has 1 fully saturated rings. The van der Waals surface area contributed by atoms with Crippen LogP contribution in [0.15, 0.2) is 11.0 Å². The fourth-order valence-corrected chi connectivity index (χ4v) is 3.12. The molecule has 1 saturated carbocycles. The molecule has 114 valence electrons. The molecule has 3 rings (SSSR count). The predicted octanol–water partition coefficient (Wildman–Crippen LogP) is 1.30. The van der Waals surface area contributed by atoms with E-state index in [0.717, 1.165) is 31.2 Å². The van der Waals surface area contributed by atoms with Crippen molar-refractivity contribution in [3.05, 3.63) is 16.7 Å². The van der Waals surface area contributed by atoms with E-state index in [1.165, 1.54) is 0 Å². The van der Waals surface area contributed by atoms with Crippen LogP contribution in [0.5, 0.6) is 0 Å². The second kappa shape index (κ2) is 5.48. The summed E-state index contributed by atoms with van der Waals surface area (Å²) in [6.07, 6.45) is 5.86. The zero-order valence-electron chi connectivity index (χ0n) is 12.7. The van der Waals surface area contributed by atoms with E-state index < -0.39 is 0 Å². The lowest BCUT2D eigenvalue weighted by molar-refractivity contribution is 0.0584. The van der Waals surface area contributed by atoms with Crippen LogP contribution < -0.4 is 11.0 Å². The average molecular weight is 291 g/mol. The maximum atomic E-state index is 12.5. The highest BCUT2D eigenvalue weighted by Crippen LogP contribution is 2.30. The lowest BCUT2D eigenvalue weighted by Gasteiger charge is -2.28. The fourth-order valence-electron chi connectivity index (χ4n) is 3.12. The Kier molecular flexibility index (Phi) is 3.67. The topological polar surface area (TPSA) is 74.0 Å². The third-order valence-electron chi connectivity index (χ3n) is 4.40. The smallest absolute Gasteiger partial charge is 0.330 e. The Labute approximate surface area is 123 Å². The predicted molar refractivity (Wildman–Crippen MR) is 80.6 cm³/mol. The molecule has 7 nitrogen and oxygen atoms in total. The lowest BCUT2D eigenvalue weighted by Crippen LogP contribution is -2.30. The Bertz CT molecular complexity index is 697. The number of hydrogen-bond donors (Lipinski definition) is 1. The third-order valence-corrected chi connectivity index (χ3v) is 4.40. The van der Waals surface area contributed by atoms with E-state index in [4.69, 9.17) is 4.74 Å². The van der Waals surface area contributed by atoms with Gasteiger partial charge in [-0.05, 0) is 25.7 Å². The molecule has 1 aliphatic carbocycles. The van der Waals surface area contributed by atoms with Crippen LogP contribution in [0, 0.1) is 0 Å². The number of nitrogens with zero attached hydrogens (tertiary/aromatic N) is 4. The van der Waals surface area contributed by atoms with Crippen LogP contribution in [0.25, 0.3) is 11.2 Å². The number of ether oxygens (including phenoxy) is 1. The van der Waals surface area contributed by atoms with Crippen LogP contribution in [0.2, 0.25) is 0 Å². The summed E-state index contributed by atoms with van der Waals surface area (Å²) >= 11 is 0. The SMILES string of the molecule is CNc1ncc2c(n1)n(C1CCC(OC)CC1)c(=O)n2C. The van der Waals surface area contributed by atoms with Crippen LogP contribution in [0.3, 0.4) is 0 Å². The second-order valence-corrected chi connectivity index (χ2v) is 5.53. The Hall–Kier alpha value is -1.89. The Balaban J connectivity index is 2.05. The first-order valence-electron chi connectivity index (χ1n) is 7.30. The molecule has 7 heteroatoms. The third kappa shape index (κ3) is 2.31. The summed E-state index contributed by atoms with van der Waals surface area (Å²) in [5.74, 6) is 0.535. The van der Waals surface area contributed by atoms with Crippen molar-refractivity contribution in [2.45, 2.75) is 37.8 Å². The van der Waals surface area contributed by atoms with Gasteiger partial charge in [-0.3, -0.25) is 9.13 Å². The second-order valence-electron chi connectivity index (χ2n) is 5.53. The van der Waals surface area contributed by atoms with Crippen molar-refractivity contribution in [3.8, 4) is 0 Å². The van der Waals surface area contributed by atoms with Crippen LogP contribution in [0.1, 0.15) is 31.7 Å². The highest BCUT2D eigenvalue weighted by Gasteiger charge is 2.26. The van der Waals surface area contributed by atoms with Crippen molar-refractivity contribution in [3.63, 3.8) is 0 Å². The Morgan fingerprint density at radius 3 is 2.67 bits per heavy atom. The number of fused-ring (bicyclic) bond motifs is 1. The van der Waals surface area contributed by atoms with Gasteiger partial charge in [-0.25, -0.2) is 9.78 Å². The standard InChI is InChI=1S/C14H21N5O2/c1-15-13-16-8-11-12(17-13)19(14(20)18(11)2)9-4-6-10(21-3)7-5-9/h8-10H,4-7H2,1-3H3,(H,15,16,17). The van der Waals surface area contributed by atoms with Crippen molar-refractivity contribution < 1.29 is 4.74 Å². The molecular weight excluding hydrogens is 270 g/mol. The number of aromatic nitrogens is 4. The van der Waals surface area contributed by atoms with Crippen LogP contribution in [0.4, 0.5) is 5.95 Å². The maximum absolute atomic E-state index is 12.5. The molecule has 1 N–H and O–H groups in total. The lowest BCUT2D eigenvalue weighted by atomic mass is 9.93. The minimum Gasteiger partial charge on any atom is -0.381 e. The monoisotopic (exact) mass is 291 g/mol.